The first kappa shape index (κ1) is 10.5. The Morgan fingerprint density at radius 1 is 1.38 bits per heavy atom. The van der Waals surface area contributed by atoms with Crippen molar-refractivity contribution < 1.29 is 0 Å². The quantitative estimate of drug-likeness (QED) is 0.854. The van der Waals surface area contributed by atoms with Crippen molar-refractivity contribution in [2.45, 2.75) is 44.7 Å². The summed E-state index contributed by atoms with van der Waals surface area (Å²) in [6.45, 7) is 4.51. The molecule has 4 nitrogen and oxygen atoms in total. The largest absolute Gasteiger partial charge is 0.357 e. The van der Waals surface area contributed by atoms with Crippen LogP contribution in [-0.4, -0.2) is 39.4 Å². The normalized spacial score (nSPS) is 30.3. The minimum absolute atomic E-state index is 0.603. The van der Waals surface area contributed by atoms with Crippen LogP contribution < -0.4 is 5.32 Å². The zero-order valence-corrected chi connectivity index (χ0v) is 10.5. The molecule has 1 N–H and O–H groups in total. The average molecular weight is 238 g/mol. The fraction of sp³-hybridized carbons (Fsp3) is 0.818. The van der Waals surface area contributed by atoms with Crippen molar-refractivity contribution in [3.05, 3.63) is 5.82 Å². The van der Waals surface area contributed by atoms with Gasteiger partial charge in [0.2, 0.25) is 5.13 Å². The van der Waals surface area contributed by atoms with Gasteiger partial charge < -0.3 is 10.2 Å². The molecule has 5 heteroatoms. The summed E-state index contributed by atoms with van der Waals surface area (Å²) in [4.78, 5) is 7.02. The summed E-state index contributed by atoms with van der Waals surface area (Å²) in [7, 11) is 0. The number of piperidine rings is 1. The van der Waals surface area contributed by atoms with Crippen LogP contribution >= 0.6 is 11.5 Å². The molecule has 2 fully saturated rings. The Morgan fingerprint density at radius 2 is 2.31 bits per heavy atom. The first-order valence-corrected chi connectivity index (χ1v) is 6.89. The van der Waals surface area contributed by atoms with E-state index in [2.05, 4.69) is 19.6 Å². The number of aryl methyl sites for hydroxylation is 1. The Balaban J connectivity index is 1.60. The van der Waals surface area contributed by atoms with Gasteiger partial charge in [-0.05, 0) is 39.2 Å². The number of nitrogens with one attached hydrogen (secondary N) is 1. The van der Waals surface area contributed by atoms with Gasteiger partial charge in [0.1, 0.15) is 5.82 Å². The van der Waals surface area contributed by atoms with Crippen LogP contribution in [0.5, 0.6) is 0 Å². The molecule has 3 heterocycles. The maximum atomic E-state index is 4.37. The minimum atomic E-state index is 0.603. The lowest BCUT2D eigenvalue weighted by Crippen LogP contribution is -2.42. The summed E-state index contributed by atoms with van der Waals surface area (Å²) in [5, 5.41) is 4.53. The van der Waals surface area contributed by atoms with E-state index in [-0.39, 0.29) is 0 Å². The molecule has 0 radical (unpaired) electrons. The summed E-state index contributed by atoms with van der Waals surface area (Å²) >= 11 is 1.48. The van der Waals surface area contributed by atoms with Gasteiger partial charge in [-0.3, -0.25) is 0 Å². The summed E-state index contributed by atoms with van der Waals surface area (Å²) in [5.74, 6) is 0.880. The Labute approximate surface area is 100 Å². The molecule has 2 saturated heterocycles. The van der Waals surface area contributed by atoms with Crippen LogP contribution in [0.4, 0.5) is 5.13 Å². The zero-order chi connectivity index (χ0) is 11.0. The van der Waals surface area contributed by atoms with Gasteiger partial charge in [0.05, 0.1) is 0 Å². The van der Waals surface area contributed by atoms with E-state index in [1.54, 1.807) is 0 Å². The molecule has 0 unspecified atom stereocenters. The van der Waals surface area contributed by atoms with E-state index in [0.717, 1.165) is 17.0 Å². The second-order valence-electron chi connectivity index (χ2n) is 4.84. The topological polar surface area (TPSA) is 41.1 Å². The highest BCUT2D eigenvalue weighted by molar-refractivity contribution is 7.09. The van der Waals surface area contributed by atoms with E-state index < -0.39 is 0 Å². The fourth-order valence-corrected chi connectivity index (χ4v) is 3.54. The summed E-state index contributed by atoms with van der Waals surface area (Å²) in [5.41, 5.74) is 0. The van der Waals surface area contributed by atoms with Crippen molar-refractivity contribution in [1.82, 2.24) is 14.3 Å². The molecule has 0 spiro atoms. The van der Waals surface area contributed by atoms with E-state index in [0.29, 0.717) is 6.04 Å². The second kappa shape index (κ2) is 4.30. The highest BCUT2D eigenvalue weighted by Crippen LogP contribution is 2.28. The smallest absolute Gasteiger partial charge is 0.202 e. The summed E-state index contributed by atoms with van der Waals surface area (Å²) in [6, 6.07) is 1.42. The summed E-state index contributed by atoms with van der Waals surface area (Å²) < 4.78 is 4.21. The predicted octanol–water partition coefficient (Wildman–Crippen LogP) is 1.89. The molecule has 16 heavy (non-hydrogen) atoms. The first-order valence-electron chi connectivity index (χ1n) is 6.12. The highest BCUT2D eigenvalue weighted by atomic mass is 32.1. The van der Waals surface area contributed by atoms with E-state index in [1.807, 2.05) is 6.92 Å². The maximum Gasteiger partial charge on any atom is 0.202 e. The molecule has 0 bridgehead atoms. The third-order valence-electron chi connectivity index (χ3n) is 3.68. The lowest BCUT2D eigenvalue weighted by atomic mass is 9.98. The molecule has 2 aliphatic rings. The zero-order valence-electron chi connectivity index (χ0n) is 9.65. The third-order valence-corrected chi connectivity index (χ3v) is 4.41. The SMILES string of the molecule is Cc1nsc(N[C@H]2CCN3CCC[C@H]3C2)n1. The number of anilines is 1. The van der Waals surface area contributed by atoms with Gasteiger partial charge in [0.25, 0.3) is 0 Å². The Morgan fingerprint density at radius 3 is 3.12 bits per heavy atom. The standard InChI is InChI=1S/C11H18N4S/c1-8-12-11(16-14-8)13-9-4-6-15-5-2-3-10(15)7-9/h9-10H,2-7H2,1H3,(H,12,13,14)/t9-,10-/m0/s1. The Kier molecular flexibility index (Phi) is 2.81. The maximum absolute atomic E-state index is 4.37. The van der Waals surface area contributed by atoms with E-state index in [4.69, 9.17) is 0 Å². The van der Waals surface area contributed by atoms with Crippen LogP contribution in [0, 0.1) is 6.92 Å². The van der Waals surface area contributed by atoms with Crippen molar-refractivity contribution >= 4 is 16.7 Å². The van der Waals surface area contributed by atoms with Gasteiger partial charge in [-0.1, -0.05) is 0 Å². The third kappa shape index (κ3) is 2.06. The number of fused-ring (bicyclic) bond motifs is 1. The average Bonchev–Trinajstić information content (AvgIpc) is 2.87. The van der Waals surface area contributed by atoms with Gasteiger partial charge in [-0.2, -0.15) is 4.37 Å². The van der Waals surface area contributed by atoms with E-state index in [9.17, 15) is 0 Å². The fourth-order valence-electron chi connectivity index (χ4n) is 2.89. The van der Waals surface area contributed by atoms with Gasteiger partial charge in [0.15, 0.2) is 0 Å². The second-order valence-corrected chi connectivity index (χ2v) is 5.60. The van der Waals surface area contributed by atoms with Crippen molar-refractivity contribution in [1.29, 1.82) is 0 Å². The van der Waals surface area contributed by atoms with Gasteiger partial charge >= 0.3 is 0 Å². The number of rotatable bonds is 2. The molecule has 88 valence electrons. The van der Waals surface area contributed by atoms with Crippen LogP contribution in [0.3, 0.4) is 0 Å². The molecular weight excluding hydrogens is 220 g/mol. The van der Waals surface area contributed by atoms with Crippen molar-refractivity contribution in [2.24, 2.45) is 0 Å². The molecule has 3 rings (SSSR count). The van der Waals surface area contributed by atoms with Crippen molar-refractivity contribution in [3.63, 3.8) is 0 Å². The van der Waals surface area contributed by atoms with Crippen LogP contribution in [0.25, 0.3) is 0 Å². The molecule has 2 atom stereocenters. The van der Waals surface area contributed by atoms with Crippen LogP contribution in [-0.2, 0) is 0 Å². The lowest BCUT2D eigenvalue weighted by molar-refractivity contribution is 0.188. The predicted molar refractivity (Wildman–Crippen MR) is 65.9 cm³/mol. The van der Waals surface area contributed by atoms with Gasteiger partial charge in [0, 0.05) is 30.2 Å². The van der Waals surface area contributed by atoms with Crippen molar-refractivity contribution in [3.8, 4) is 0 Å². The number of hydrogen-bond acceptors (Lipinski definition) is 5. The monoisotopic (exact) mass is 238 g/mol. The molecular formula is C11H18N4S. The number of hydrogen-bond donors (Lipinski definition) is 1. The molecule has 0 saturated carbocycles. The number of aromatic nitrogens is 2. The summed E-state index contributed by atoms with van der Waals surface area (Å²) in [6.07, 6.45) is 5.29. The van der Waals surface area contributed by atoms with Crippen molar-refractivity contribution in [2.75, 3.05) is 18.4 Å². The Bertz CT molecular complexity index is 365. The molecule has 2 aliphatic heterocycles. The van der Waals surface area contributed by atoms with E-state index >= 15 is 0 Å². The lowest BCUT2D eigenvalue weighted by Gasteiger charge is -2.34. The number of nitrogens with zero attached hydrogens (tertiary/aromatic N) is 3. The van der Waals surface area contributed by atoms with Gasteiger partial charge in [-0.25, -0.2) is 4.98 Å². The molecule has 0 amide bonds. The molecule has 1 aromatic rings. The minimum Gasteiger partial charge on any atom is -0.357 e. The van der Waals surface area contributed by atoms with E-state index in [1.165, 1.54) is 50.3 Å². The van der Waals surface area contributed by atoms with Gasteiger partial charge in [-0.15, -0.1) is 0 Å². The van der Waals surface area contributed by atoms with Crippen LogP contribution in [0.1, 0.15) is 31.5 Å². The van der Waals surface area contributed by atoms with Crippen LogP contribution in [0.2, 0.25) is 0 Å². The molecule has 0 aliphatic carbocycles. The van der Waals surface area contributed by atoms with Crippen LogP contribution in [0.15, 0.2) is 0 Å². The highest BCUT2D eigenvalue weighted by Gasteiger charge is 2.31. The molecule has 0 aromatic carbocycles. The Hall–Kier alpha value is -0.680. The first-order chi connectivity index (χ1) is 7.81. The molecule has 1 aromatic heterocycles.